The lowest BCUT2D eigenvalue weighted by molar-refractivity contribution is 0.0601. The fraction of sp³-hybridized carbons (Fsp3) is 0.300. The van der Waals surface area contributed by atoms with Crippen molar-refractivity contribution < 1.29 is 9.53 Å². The maximum absolute atomic E-state index is 11.4. The largest absolute Gasteiger partial charge is 0.465 e. The number of methoxy groups -OCH3 is 1. The van der Waals surface area contributed by atoms with Crippen molar-refractivity contribution in [3.63, 3.8) is 0 Å². The Balaban J connectivity index is 3.32. The van der Waals surface area contributed by atoms with E-state index >= 15 is 0 Å². The molecule has 1 rings (SSSR count). The summed E-state index contributed by atoms with van der Waals surface area (Å²) in [7, 11) is 3.14. The zero-order valence-electron chi connectivity index (χ0n) is 8.35. The van der Waals surface area contributed by atoms with Crippen LogP contribution in [0.1, 0.15) is 15.9 Å². The van der Waals surface area contributed by atoms with Crippen LogP contribution in [0, 0.1) is 6.92 Å². The van der Waals surface area contributed by atoms with Gasteiger partial charge in [0.2, 0.25) is 0 Å². The van der Waals surface area contributed by atoms with E-state index in [1.165, 1.54) is 7.11 Å². The molecule has 0 spiro atoms. The van der Waals surface area contributed by atoms with Crippen molar-refractivity contribution >= 4 is 27.6 Å². The molecule has 1 aromatic carbocycles. The van der Waals surface area contributed by atoms with Crippen LogP contribution in [0.2, 0.25) is 0 Å². The highest BCUT2D eigenvalue weighted by molar-refractivity contribution is 9.10. The zero-order valence-corrected chi connectivity index (χ0v) is 9.94. The first-order chi connectivity index (χ1) is 6.60. The van der Waals surface area contributed by atoms with Crippen LogP contribution in [-0.2, 0) is 4.74 Å². The van der Waals surface area contributed by atoms with Gasteiger partial charge in [0.05, 0.1) is 18.4 Å². The van der Waals surface area contributed by atoms with Crippen molar-refractivity contribution in [1.82, 2.24) is 0 Å². The van der Waals surface area contributed by atoms with Gasteiger partial charge in [0.25, 0.3) is 0 Å². The van der Waals surface area contributed by atoms with E-state index in [4.69, 9.17) is 0 Å². The van der Waals surface area contributed by atoms with Gasteiger partial charge in [-0.25, -0.2) is 4.79 Å². The predicted molar refractivity (Wildman–Crippen MR) is 59.8 cm³/mol. The predicted octanol–water partition coefficient (Wildman–Crippen LogP) is 2.59. The van der Waals surface area contributed by atoms with Gasteiger partial charge in [0.1, 0.15) is 0 Å². The summed E-state index contributed by atoms with van der Waals surface area (Å²) in [6.45, 7) is 1.93. The number of hydrogen-bond donors (Lipinski definition) is 1. The fourth-order valence-corrected chi connectivity index (χ4v) is 2.04. The number of benzene rings is 1. The van der Waals surface area contributed by atoms with Gasteiger partial charge in [0, 0.05) is 11.5 Å². The summed E-state index contributed by atoms with van der Waals surface area (Å²) in [4.78, 5) is 11.4. The van der Waals surface area contributed by atoms with Crippen molar-refractivity contribution in [3.8, 4) is 0 Å². The maximum atomic E-state index is 11.4. The number of rotatable bonds is 2. The molecule has 0 aliphatic carbocycles. The molecular weight excluding hydrogens is 246 g/mol. The molecule has 0 heterocycles. The average molecular weight is 258 g/mol. The van der Waals surface area contributed by atoms with Crippen LogP contribution in [0.25, 0.3) is 0 Å². The van der Waals surface area contributed by atoms with Gasteiger partial charge in [-0.05, 0) is 40.5 Å². The van der Waals surface area contributed by atoms with E-state index < -0.39 is 0 Å². The summed E-state index contributed by atoms with van der Waals surface area (Å²) in [6.07, 6.45) is 0. The van der Waals surface area contributed by atoms with E-state index in [9.17, 15) is 4.79 Å². The lowest BCUT2D eigenvalue weighted by Gasteiger charge is -2.10. The number of esters is 1. The van der Waals surface area contributed by atoms with Crippen LogP contribution in [0.3, 0.4) is 0 Å². The lowest BCUT2D eigenvalue weighted by Crippen LogP contribution is -2.06. The number of carbonyl (C=O) groups excluding carboxylic acids is 1. The molecular formula is C10H12BrNO2. The minimum absolute atomic E-state index is 0.334. The Kier molecular flexibility index (Phi) is 3.52. The normalized spacial score (nSPS) is 9.71. The van der Waals surface area contributed by atoms with Gasteiger partial charge in [0.15, 0.2) is 0 Å². The van der Waals surface area contributed by atoms with Gasteiger partial charge in [-0.3, -0.25) is 0 Å². The Morgan fingerprint density at radius 1 is 1.50 bits per heavy atom. The smallest absolute Gasteiger partial charge is 0.340 e. The number of aryl methyl sites for hydroxylation is 1. The van der Waals surface area contributed by atoms with E-state index in [0.29, 0.717) is 5.56 Å². The summed E-state index contributed by atoms with van der Waals surface area (Å²) in [6, 6.07) is 3.74. The molecule has 1 N–H and O–H groups in total. The molecule has 0 aromatic heterocycles. The molecule has 0 amide bonds. The minimum Gasteiger partial charge on any atom is -0.465 e. The molecule has 4 heteroatoms. The van der Waals surface area contributed by atoms with E-state index in [2.05, 4.69) is 26.0 Å². The number of carbonyl (C=O) groups is 1. The minimum atomic E-state index is -0.334. The summed E-state index contributed by atoms with van der Waals surface area (Å²) in [5, 5.41) is 2.96. The molecule has 76 valence electrons. The molecule has 0 aliphatic rings. The molecule has 0 radical (unpaired) electrons. The molecule has 0 fully saturated rings. The third kappa shape index (κ3) is 2.07. The van der Waals surface area contributed by atoms with Crippen LogP contribution in [-0.4, -0.2) is 20.1 Å². The first kappa shape index (κ1) is 11.0. The van der Waals surface area contributed by atoms with Gasteiger partial charge in [-0.2, -0.15) is 0 Å². The standard InChI is InChI=1S/C10H12BrNO2/c1-6-4-7(10(13)14-3)9(12-2)8(11)5-6/h4-5,12H,1-3H3. The highest BCUT2D eigenvalue weighted by atomic mass is 79.9. The fourth-order valence-electron chi connectivity index (χ4n) is 1.27. The van der Waals surface area contributed by atoms with Crippen LogP contribution in [0.5, 0.6) is 0 Å². The molecule has 0 unspecified atom stereocenters. The first-order valence-corrected chi connectivity index (χ1v) is 4.95. The van der Waals surface area contributed by atoms with Gasteiger partial charge < -0.3 is 10.1 Å². The van der Waals surface area contributed by atoms with Crippen molar-refractivity contribution in [2.45, 2.75) is 6.92 Å². The molecule has 14 heavy (non-hydrogen) atoms. The van der Waals surface area contributed by atoms with Crippen LogP contribution in [0.15, 0.2) is 16.6 Å². The van der Waals surface area contributed by atoms with Gasteiger partial charge in [-0.15, -0.1) is 0 Å². The quantitative estimate of drug-likeness (QED) is 0.828. The summed E-state index contributed by atoms with van der Waals surface area (Å²) < 4.78 is 5.55. The zero-order chi connectivity index (χ0) is 10.7. The monoisotopic (exact) mass is 257 g/mol. The Morgan fingerprint density at radius 3 is 2.64 bits per heavy atom. The second kappa shape index (κ2) is 4.46. The second-order valence-electron chi connectivity index (χ2n) is 2.91. The van der Waals surface area contributed by atoms with E-state index in [1.54, 1.807) is 13.1 Å². The highest BCUT2D eigenvalue weighted by Gasteiger charge is 2.14. The summed E-state index contributed by atoms with van der Waals surface area (Å²) in [5.41, 5.74) is 2.31. The third-order valence-electron chi connectivity index (χ3n) is 1.89. The Morgan fingerprint density at radius 2 is 2.14 bits per heavy atom. The number of ether oxygens (including phenoxy) is 1. The SMILES string of the molecule is CNc1c(Br)cc(C)cc1C(=O)OC. The van der Waals surface area contributed by atoms with Crippen molar-refractivity contribution in [2.24, 2.45) is 0 Å². The van der Waals surface area contributed by atoms with Crippen LogP contribution in [0.4, 0.5) is 5.69 Å². The highest BCUT2D eigenvalue weighted by Crippen LogP contribution is 2.28. The molecule has 1 aromatic rings. The number of nitrogens with one attached hydrogen (secondary N) is 1. The third-order valence-corrected chi connectivity index (χ3v) is 2.52. The summed E-state index contributed by atoms with van der Waals surface area (Å²) in [5.74, 6) is -0.334. The first-order valence-electron chi connectivity index (χ1n) is 4.16. The molecule has 0 aliphatic heterocycles. The van der Waals surface area contributed by atoms with Crippen molar-refractivity contribution in [3.05, 3.63) is 27.7 Å². The molecule has 0 saturated carbocycles. The average Bonchev–Trinajstić information content (AvgIpc) is 2.15. The van der Waals surface area contributed by atoms with E-state index in [1.807, 2.05) is 13.0 Å². The van der Waals surface area contributed by atoms with Gasteiger partial charge >= 0.3 is 5.97 Å². The lowest BCUT2D eigenvalue weighted by atomic mass is 10.1. The molecule has 0 atom stereocenters. The maximum Gasteiger partial charge on any atom is 0.340 e. The Hall–Kier alpha value is -1.03. The summed E-state index contributed by atoms with van der Waals surface area (Å²) >= 11 is 3.39. The van der Waals surface area contributed by atoms with Crippen LogP contribution >= 0.6 is 15.9 Å². The Bertz CT molecular complexity index is 363. The van der Waals surface area contributed by atoms with Crippen molar-refractivity contribution in [2.75, 3.05) is 19.5 Å². The second-order valence-corrected chi connectivity index (χ2v) is 3.77. The molecule has 0 saturated heterocycles. The van der Waals surface area contributed by atoms with Crippen molar-refractivity contribution in [1.29, 1.82) is 0 Å². The Labute approximate surface area is 91.6 Å². The number of anilines is 1. The number of halogens is 1. The number of hydrogen-bond acceptors (Lipinski definition) is 3. The van der Waals surface area contributed by atoms with E-state index in [0.717, 1.165) is 15.7 Å². The molecule has 3 nitrogen and oxygen atoms in total. The van der Waals surface area contributed by atoms with Gasteiger partial charge in [-0.1, -0.05) is 0 Å². The van der Waals surface area contributed by atoms with Crippen LogP contribution < -0.4 is 5.32 Å². The molecule has 0 bridgehead atoms. The van der Waals surface area contributed by atoms with E-state index in [-0.39, 0.29) is 5.97 Å². The topological polar surface area (TPSA) is 38.3 Å².